The van der Waals surface area contributed by atoms with Gasteiger partial charge < -0.3 is 20.5 Å². The SMILES string of the molecule is CC(C)COCCN=C(N)Nc1ccc(OC(F)(F)F)cc1. The lowest BCUT2D eigenvalue weighted by atomic mass is 10.2. The zero-order valence-corrected chi connectivity index (χ0v) is 12.5. The van der Waals surface area contributed by atoms with E-state index in [1.165, 1.54) is 24.3 Å². The van der Waals surface area contributed by atoms with Crippen molar-refractivity contribution in [2.75, 3.05) is 25.1 Å². The second kappa shape index (κ2) is 8.47. The fourth-order valence-corrected chi connectivity index (χ4v) is 1.48. The molecule has 5 nitrogen and oxygen atoms in total. The van der Waals surface area contributed by atoms with Crippen molar-refractivity contribution in [3.05, 3.63) is 24.3 Å². The third-order valence-electron chi connectivity index (χ3n) is 2.33. The summed E-state index contributed by atoms with van der Waals surface area (Å²) in [6, 6.07) is 5.21. The largest absolute Gasteiger partial charge is 0.573 e. The number of nitrogens with two attached hydrogens (primary N) is 1. The van der Waals surface area contributed by atoms with Crippen molar-refractivity contribution in [1.82, 2.24) is 0 Å². The summed E-state index contributed by atoms with van der Waals surface area (Å²) in [6.45, 7) is 5.61. The first-order valence-electron chi connectivity index (χ1n) is 6.77. The molecule has 0 amide bonds. The van der Waals surface area contributed by atoms with Gasteiger partial charge in [-0.25, -0.2) is 0 Å². The van der Waals surface area contributed by atoms with Gasteiger partial charge in [-0.1, -0.05) is 13.8 Å². The summed E-state index contributed by atoms with van der Waals surface area (Å²) in [4.78, 5) is 4.05. The number of aliphatic imine (C=N–C) groups is 1. The number of alkyl halides is 3. The molecule has 0 atom stereocenters. The van der Waals surface area contributed by atoms with Crippen LogP contribution in [-0.2, 0) is 4.74 Å². The molecule has 0 aliphatic heterocycles. The second-order valence-electron chi connectivity index (χ2n) is 4.93. The van der Waals surface area contributed by atoms with Crippen LogP contribution in [0, 0.1) is 5.92 Å². The lowest BCUT2D eigenvalue weighted by Gasteiger charge is -2.10. The minimum atomic E-state index is -4.70. The summed E-state index contributed by atoms with van der Waals surface area (Å²) in [6.07, 6.45) is -4.70. The van der Waals surface area contributed by atoms with Crippen molar-refractivity contribution in [2.24, 2.45) is 16.6 Å². The van der Waals surface area contributed by atoms with Crippen LogP contribution in [0.15, 0.2) is 29.3 Å². The molecule has 0 fully saturated rings. The molecule has 0 aliphatic rings. The van der Waals surface area contributed by atoms with E-state index in [1.54, 1.807) is 0 Å². The van der Waals surface area contributed by atoms with Crippen molar-refractivity contribution in [2.45, 2.75) is 20.2 Å². The molecule has 3 N–H and O–H groups in total. The fraction of sp³-hybridized carbons (Fsp3) is 0.500. The summed E-state index contributed by atoms with van der Waals surface area (Å²) in [5, 5.41) is 2.77. The number of nitrogens with zero attached hydrogens (tertiary/aromatic N) is 1. The number of hydrogen-bond donors (Lipinski definition) is 2. The summed E-state index contributed by atoms with van der Waals surface area (Å²) in [5.41, 5.74) is 6.17. The van der Waals surface area contributed by atoms with Gasteiger partial charge in [0.25, 0.3) is 0 Å². The van der Waals surface area contributed by atoms with E-state index in [-0.39, 0.29) is 11.7 Å². The van der Waals surface area contributed by atoms with Crippen molar-refractivity contribution in [3.8, 4) is 5.75 Å². The van der Waals surface area contributed by atoms with Crippen LogP contribution in [0.2, 0.25) is 0 Å². The monoisotopic (exact) mass is 319 g/mol. The van der Waals surface area contributed by atoms with Crippen LogP contribution in [0.1, 0.15) is 13.8 Å². The first kappa shape index (κ1) is 18.1. The number of halogens is 3. The molecule has 8 heteroatoms. The zero-order valence-electron chi connectivity index (χ0n) is 12.5. The first-order valence-corrected chi connectivity index (χ1v) is 6.77. The van der Waals surface area contributed by atoms with Crippen LogP contribution in [0.5, 0.6) is 5.75 Å². The Labute approximate surface area is 127 Å². The van der Waals surface area contributed by atoms with Gasteiger partial charge in [0.15, 0.2) is 5.96 Å². The Hall–Kier alpha value is -1.96. The quantitative estimate of drug-likeness (QED) is 0.460. The minimum absolute atomic E-state index is 0.164. The van der Waals surface area contributed by atoms with Gasteiger partial charge in [-0.05, 0) is 30.2 Å². The Morgan fingerprint density at radius 3 is 2.45 bits per heavy atom. The molecule has 1 aromatic rings. The smallest absolute Gasteiger partial charge is 0.406 e. The topological polar surface area (TPSA) is 68.9 Å². The molecule has 1 rings (SSSR count). The predicted molar refractivity (Wildman–Crippen MR) is 78.9 cm³/mol. The van der Waals surface area contributed by atoms with Crippen molar-refractivity contribution in [3.63, 3.8) is 0 Å². The van der Waals surface area contributed by atoms with Gasteiger partial charge in [0.05, 0.1) is 13.2 Å². The van der Waals surface area contributed by atoms with Gasteiger partial charge in [-0.2, -0.15) is 0 Å². The van der Waals surface area contributed by atoms with Crippen LogP contribution in [0.3, 0.4) is 0 Å². The van der Waals surface area contributed by atoms with Gasteiger partial charge in [0.2, 0.25) is 0 Å². The second-order valence-corrected chi connectivity index (χ2v) is 4.93. The highest BCUT2D eigenvalue weighted by atomic mass is 19.4. The molecule has 0 bridgehead atoms. The maximum absolute atomic E-state index is 12.0. The maximum Gasteiger partial charge on any atom is 0.573 e. The highest BCUT2D eigenvalue weighted by molar-refractivity contribution is 5.92. The summed E-state index contributed by atoms with van der Waals surface area (Å²) in [7, 11) is 0. The first-order chi connectivity index (χ1) is 10.3. The number of nitrogens with one attached hydrogen (secondary N) is 1. The van der Waals surface area contributed by atoms with E-state index in [2.05, 4.69) is 15.0 Å². The van der Waals surface area contributed by atoms with Crippen LogP contribution in [0.25, 0.3) is 0 Å². The molecule has 22 heavy (non-hydrogen) atoms. The third kappa shape index (κ3) is 8.35. The van der Waals surface area contributed by atoms with E-state index in [0.717, 1.165) is 0 Å². The van der Waals surface area contributed by atoms with E-state index < -0.39 is 6.36 Å². The van der Waals surface area contributed by atoms with E-state index in [1.807, 2.05) is 13.8 Å². The van der Waals surface area contributed by atoms with Crippen LogP contribution in [0.4, 0.5) is 18.9 Å². The minimum Gasteiger partial charge on any atom is -0.406 e. The molecule has 0 saturated carbocycles. The van der Waals surface area contributed by atoms with E-state index in [0.29, 0.717) is 31.4 Å². The van der Waals surface area contributed by atoms with Crippen molar-refractivity contribution < 1.29 is 22.6 Å². The maximum atomic E-state index is 12.0. The molecule has 0 aromatic heterocycles. The Morgan fingerprint density at radius 1 is 1.27 bits per heavy atom. The third-order valence-corrected chi connectivity index (χ3v) is 2.33. The van der Waals surface area contributed by atoms with Gasteiger partial charge >= 0.3 is 6.36 Å². The molecule has 0 aliphatic carbocycles. The molecular formula is C14H20F3N3O2. The number of ether oxygens (including phenoxy) is 2. The molecule has 0 unspecified atom stereocenters. The summed E-state index contributed by atoms with van der Waals surface area (Å²) in [5.74, 6) is 0.324. The number of rotatable bonds is 7. The summed E-state index contributed by atoms with van der Waals surface area (Å²) < 4.78 is 45.2. The van der Waals surface area contributed by atoms with Gasteiger partial charge in [-0.15, -0.1) is 13.2 Å². The predicted octanol–water partition coefficient (Wildman–Crippen LogP) is 2.98. The van der Waals surface area contributed by atoms with E-state index >= 15 is 0 Å². The van der Waals surface area contributed by atoms with Gasteiger partial charge in [-0.3, -0.25) is 4.99 Å². The van der Waals surface area contributed by atoms with Crippen molar-refractivity contribution >= 4 is 11.6 Å². The van der Waals surface area contributed by atoms with Crippen molar-refractivity contribution in [1.29, 1.82) is 0 Å². The lowest BCUT2D eigenvalue weighted by Crippen LogP contribution is -2.23. The highest BCUT2D eigenvalue weighted by Gasteiger charge is 2.30. The number of anilines is 1. The van der Waals surface area contributed by atoms with Crippen LogP contribution in [-0.4, -0.2) is 32.1 Å². The highest BCUT2D eigenvalue weighted by Crippen LogP contribution is 2.23. The standard InChI is InChI=1S/C14H20F3N3O2/c1-10(2)9-21-8-7-19-13(18)20-11-3-5-12(6-4-11)22-14(15,16)17/h3-6,10H,7-9H2,1-2H3,(H3,18,19,20). The summed E-state index contributed by atoms with van der Waals surface area (Å²) >= 11 is 0. The molecule has 0 saturated heterocycles. The van der Waals surface area contributed by atoms with Crippen LogP contribution >= 0.6 is 0 Å². The zero-order chi connectivity index (χ0) is 16.6. The van der Waals surface area contributed by atoms with Gasteiger partial charge in [0.1, 0.15) is 5.75 Å². The fourth-order valence-electron chi connectivity index (χ4n) is 1.48. The molecule has 1 aromatic carbocycles. The number of guanidine groups is 1. The number of benzene rings is 1. The molecular weight excluding hydrogens is 299 g/mol. The Morgan fingerprint density at radius 2 is 1.91 bits per heavy atom. The van der Waals surface area contributed by atoms with E-state index in [9.17, 15) is 13.2 Å². The normalized spacial score (nSPS) is 12.5. The van der Waals surface area contributed by atoms with E-state index in [4.69, 9.17) is 10.5 Å². The molecule has 0 spiro atoms. The van der Waals surface area contributed by atoms with Gasteiger partial charge in [0, 0.05) is 12.3 Å². The Balaban J connectivity index is 2.39. The van der Waals surface area contributed by atoms with Crippen LogP contribution < -0.4 is 15.8 Å². The molecule has 0 heterocycles. The average Bonchev–Trinajstić information content (AvgIpc) is 2.38. The Kier molecular flexibility index (Phi) is 6.97. The number of hydrogen-bond acceptors (Lipinski definition) is 3. The Bertz CT molecular complexity index is 473. The average molecular weight is 319 g/mol. The molecule has 124 valence electrons. The molecule has 0 radical (unpaired) electrons. The lowest BCUT2D eigenvalue weighted by molar-refractivity contribution is -0.274.